The molecular formula is C10H16O. The zero-order valence-corrected chi connectivity index (χ0v) is 7.34. The van der Waals surface area contributed by atoms with Gasteiger partial charge < -0.3 is 4.42 Å². The third-order valence-corrected chi connectivity index (χ3v) is 1.78. The molecule has 0 unspecified atom stereocenters. The highest BCUT2D eigenvalue weighted by Crippen LogP contribution is 2.09. The first-order chi connectivity index (χ1) is 5.29. The summed E-state index contributed by atoms with van der Waals surface area (Å²) in [5, 5.41) is 0. The molecule has 0 saturated carbocycles. The summed E-state index contributed by atoms with van der Waals surface area (Å²) in [6, 6.07) is 3.99. The maximum Gasteiger partial charge on any atom is 0.103 e. The molecule has 0 aliphatic rings. The molecule has 1 heteroatoms. The summed E-state index contributed by atoms with van der Waals surface area (Å²) in [5.74, 6) is 1.93. The fraction of sp³-hybridized carbons (Fsp3) is 0.600. The molecular weight excluding hydrogens is 136 g/mol. The Morgan fingerprint density at radius 3 is 2.82 bits per heavy atom. The molecule has 11 heavy (non-hydrogen) atoms. The molecule has 0 aliphatic heterocycles. The molecule has 1 aromatic heterocycles. The van der Waals surface area contributed by atoms with E-state index in [1.165, 1.54) is 12.8 Å². The second kappa shape index (κ2) is 4.22. The molecule has 0 bridgehead atoms. The predicted molar refractivity (Wildman–Crippen MR) is 46.5 cm³/mol. The van der Waals surface area contributed by atoms with Crippen LogP contribution in [0.25, 0.3) is 0 Å². The summed E-state index contributed by atoms with van der Waals surface area (Å²) < 4.78 is 5.22. The van der Waals surface area contributed by atoms with E-state index < -0.39 is 0 Å². The van der Waals surface area contributed by atoms with E-state index in [0.29, 0.717) is 0 Å². The predicted octanol–water partition coefficient (Wildman–Crippen LogP) is 3.26. The molecule has 0 atom stereocenters. The lowest BCUT2D eigenvalue weighted by Crippen LogP contribution is -1.89. The van der Waals surface area contributed by atoms with Crippen molar-refractivity contribution in [3.8, 4) is 0 Å². The van der Waals surface area contributed by atoms with E-state index >= 15 is 0 Å². The molecule has 0 spiro atoms. The smallest absolute Gasteiger partial charge is 0.103 e. The van der Waals surface area contributed by atoms with Crippen molar-refractivity contribution in [3.05, 3.63) is 24.2 Å². The Labute approximate surface area is 68.4 Å². The van der Waals surface area contributed by atoms with Crippen LogP contribution in [0.2, 0.25) is 0 Å². The van der Waals surface area contributed by atoms with Crippen LogP contribution >= 0.6 is 0 Å². The molecule has 1 rings (SSSR count). The first-order valence-corrected chi connectivity index (χ1v) is 4.31. The third kappa shape index (κ3) is 3.26. The van der Waals surface area contributed by atoms with Crippen molar-refractivity contribution in [1.29, 1.82) is 0 Å². The molecule has 0 fully saturated rings. The minimum absolute atomic E-state index is 0.810. The quantitative estimate of drug-likeness (QED) is 0.645. The van der Waals surface area contributed by atoms with Crippen LogP contribution in [-0.4, -0.2) is 0 Å². The first-order valence-electron chi connectivity index (χ1n) is 4.31. The standard InChI is InChI=1S/C10H16O/c1-9(2)5-3-6-10-7-4-8-11-10/h4,7-9H,3,5-6H2,1-2H3. The Bertz CT molecular complexity index is 175. The van der Waals surface area contributed by atoms with E-state index in [2.05, 4.69) is 13.8 Å². The van der Waals surface area contributed by atoms with Gasteiger partial charge in [-0.05, 0) is 24.5 Å². The van der Waals surface area contributed by atoms with Crippen LogP contribution in [0.5, 0.6) is 0 Å². The van der Waals surface area contributed by atoms with Crippen LogP contribution in [0, 0.1) is 5.92 Å². The Hall–Kier alpha value is -0.720. The first kappa shape index (κ1) is 8.38. The van der Waals surface area contributed by atoms with E-state index in [1.807, 2.05) is 12.1 Å². The van der Waals surface area contributed by atoms with E-state index in [-0.39, 0.29) is 0 Å². The second-order valence-electron chi connectivity index (χ2n) is 3.37. The van der Waals surface area contributed by atoms with Crippen molar-refractivity contribution < 1.29 is 4.42 Å². The largest absolute Gasteiger partial charge is 0.469 e. The molecule has 0 saturated heterocycles. The Morgan fingerprint density at radius 2 is 2.27 bits per heavy atom. The summed E-state index contributed by atoms with van der Waals surface area (Å²) in [5.41, 5.74) is 0. The molecule has 0 amide bonds. The van der Waals surface area contributed by atoms with Crippen molar-refractivity contribution in [2.45, 2.75) is 33.1 Å². The van der Waals surface area contributed by atoms with Crippen LogP contribution in [0.4, 0.5) is 0 Å². The molecule has 0 radical (unpaired) electrons. The fourth-order valence-electron chi connectivity index (χ4n) is 1.14. The topological polar surface area (TPSA) is 13.1 Å². The average molecular weight is 152 g/mol. The lowest BCUT2D eigenvalue weighted by atomic mass is 10.1. The summed E-state index contributed by atoms with van der Waals surface area (Å²) in [6.45, 7) is 4.50. The molecule has 0 N–H and O–H groups in total. The molecule has 0 aliphatic carbocycles. The zero-order chi connectivity index (χ0) is 8.10. The molecule has 1 nitrogen and oxygen atoms in total. The van der Waals surface area contributed by atoms with Crippen LogP contribution in [0.3, 0.4) is 0 Å². The summed E-state index contributed by atoms with van der Waals surface area (Å²) >= 11 is 0. The highest BCUT2D eigenvalue weighted by atomic mass is 16.3. The number of furan rings is 1. The minimum Gasteiger partial charge on any atom is -0.469 e. The van der Waals surface area contributed by atoms with Crippen molar-refractivity contribution in [1.82, 2.24) is 0 Å². The molecule has 62 valence electrons. The van der Waals surface area contributed by atoms with Gasteiger partial charge in [-0.3, -0.25) is 0 Å². The van der Waals surface area contributed by atoms with Gasteiger partial charge >= 0.3 is 0 Å². The normalized spacial score (nSPS) is 10.8. The summed E-state index contributed by atoms with van der Waals surface area (Å²) in [4.78, 5) is 0. The highest BCUT2D eigenvalue weighted by Gasteiger charge is 1.97. The van der Waals surface area contributed by atoms with Gasteiger partial charge in [-0.2, -0.15) is 0 Å². The third-order valence-electron chi connectivity index (χ3n) is 1.78. The SMILES string of the molecule is CC(C)CCCc1ccco1. The van der Waals surface area contributed by atoms with Crippen LogP contribution in [-0.2, 0) is 6.42 Å². The minimum atomic E-state index is 0.810. The van der Waals surface area contributed by atoms with Gasteiger partial charge in [0, 0.05) is 6.42 Å². The molecule has 1 heterocycles. The number of rotatable bonds is 4. The van der Waals surface area contributed by atoms with E-state index in [1.54, 1.807) is 6.26 Å². The average Bonchev–Trinajstić information content (AvgIpc) is 2.39. The number of hydrogen-bond acceptors (Lipinski definition) is 1. The maximum absolute atomic E-state index is 5.22. The van der Waals surface area contributed by atoms with Crippen LogP contribution < -0.4 is 0 Å². The van der Waals surface area contributed by atoms with Gasteiger partial charge in [0.2, 0.25) is 0 Å². The Balaban J connectivity index is 2.14. The van der Waals surface area contributed by atoms with Gasteiger partial charge in [-0.15, -0.1) is 0 Å². The second-order valence-corrected chi connectivity index (χ2v) is 3.37. The molecule has 1 aromatic rings. The molecule has 0 aromatic carbocycles. The van der Waals surface area contributed by atoms with Gasteiger partial charge in [0.05, 0.1) is 6.26 Å². The van der Waals surface area contributed by atoms with Crippen molar-refractivity contribution in [2.24, 2.45) is 5.92 Å². The van der Waals surface area contributed by atoms with Gasteiger partial charge in [0.15, 0.2) is 0 Å². The lowest BCUT2D eigenvalue weighted by Gasteiger charge is -2.01. The summed E-state index contributed by atoms with van der Waals surface area (Å²) in [6.07, 6.45) is 5.36. The fourth-order valence-corrected chi connectivity index (χ4v) is 1.14. The summed E-state index contributed by atoms with van der Waals surface area (Å²) in [7, 11) is 0. The van der Waals surface area contributed by atoms with Crippen LogP contribution in [0.1, 0.15) is 32.4 Å². The van der Waals surface area contributed by atoms with E-state index in [4.69, 9.17) is 4.42 Å². The zero-order valence-electron chi connectivity index (χ0n) is 7.34. The Kier molecular flexibility index (Phi) is 3.21. The van der Waals surface area contributed by atoms with E-state index in [9.17, 15) is 0 Å². The maximum atomic E-state index is 5.22. The number of aryl methyl sites for hydroxylation is 1. The Morgan fingerprint density at radius 1 is 1.45 bits per heavy atom. The van der Waals surface area contributed by atoms with Gasteiger partial charge in [0.1, 0.15) is 5.76 Å². The van der Waals surface area contributed by atoms with Gasteiger partial charge in [-0.25, -0.2) is 0 Å². The van der Waals surface area contributed by atoms with Gasteiger partial charge in [0.25, 0.3) is 0 Å². The monoisotopic (exact) mass is 152 g/mol. The van der Waals surface area contributed by atoms with Crippen molar-refractivity contribution >= 4 is 0 Å². The van der Waals surface area contributed by atoms with Gasteiger partial charge in [-0.1, -0.05) is 20.3 Å². The highest BCUT2D eigenvalue weighted by molar-refractivity contribution is 4.97. The van der Waals surface area contributed by atoms with Crippen molar-refractivity contribution in [3.63, 3.8) is 0 Å². The number of hydrogen-bond donors (Lipinski definition) is 0. The van der Waals surface area contributed by atoms with Crippen molar-refractivity contribution in [2.75, 3.05) is 0 Å². The van der Waals surface area contributed by atoms with Crippen LogP contribution in [0.15, 0.2) is 22.8 Å². The lowest BCUT2D eigenvalue weighted by molar-refractivity contribution is 0.478. The van der Waals surface area contributed by atoms with E-state index in [0.717, 1.165) is 18.1 Å².